The fourth-order valence-electron chi connectivity index (χ4n) is 1.36. The van der Waals surface area contributed by atoms with Crippen molar-refractivity contribution in [1.29, 1.82) is 0 Å². The first-order chi connectivity index (χ1) is 7.15. The number of hydrogen-bond donors (Lipinski definition) is 2. The van der Waals surface area contributed by atoms with Crippen molar-refractivity contribution < 1.29 is 4.79 Å². The summed E-state index contributed by atoms with van der Waals surface area (Å²) in [6.07, 6.45) is 0.980. The summed E-state index contributed by atoms with van der Waals surface area (Å²) in [5.41, 5.74) is 7.54. The lowest BCUT2D eigenvalue weighted by Gasteiger charge is -2.13. The van der Waals surface area contributed by atoms with Gasteiger partial charge in [0.05, 0.1) is 5.92 Å². The molecular weight excluding hydrogens is 188 g/mol. The molecule has 0 aliphatic heterocycles. The van der Waals surface area contributed by atoms with E-state index in [1.807, 2.05) is 25.1 Å². The highest BCUT2D eigenvalue weighted by molar-refractivity contribution is 5.76. The first-order valence-electron chi connectivity index (χ1n) is 5.26. The molecule has 0 aromatic heterocycles. The smallest absolute Gasteiger partial charge is 0.222 e. The predicted octanol–water partition coefficient (Wildman–Crippen LogP) is 1.78. The maximum absolute atomic E-state index is 10.9. The second-order valence-corrected chi connectivity index (χ2v) is 3.70. The number of nitrogens with one attached hydrogen (secondary N) is 1. The number of anilines is 1. The molecule has 0 saturated heterocycles. The number of carbonyl (C=O) groups excluding carboxylic acids is 1. The van der Waals surface area contributed by atoms with Crippen molar-refractivity contribution in [3.05, 3.63) is 29.8 Å². The largest absolute Gasteiger partial charge is 0.384 e. The highest BCUT2D eigenvalue weighted by atomic mass is 16.1. The lowest BCUT2D eigenvalue weighted by molar-refractivity contribution is -0.120. The highest BCUT2D eigenvalue weighted by Crippen LogP contribution is 2.15. The van der Waals surface area contributed by atoms with E-state index in [2.05, 4.69) is 18.3 Å². The maximum Gasteiger partial charge on any atom is 0.222 e. The number of carbonyl (C=O) groups is 1. The van der Waals surface area contributed by atoms with Crippen LogP contribution in [0.3, 0.4) is 0 Å². The molecule has 82 valence electrons. The van der Waals surface area contributed by atoms with E-state index in [1.165, 1.54) is 5.56 Å². The standard InChI is InChI=1S/C12H18N2O/c1-3-10-6-4-5-7-11(10)14-8-9(2)12(13)15/h4-7,9,14H,3,8H2,1-2H3,(H2,13,15). The van der Waals surface area contributed by atoms with Gasteiger partial charge in [0.15, 0.2) is 0 Å². The van der Waals surface area contributed by atoms with Crippen LogP contribution >= 0.6 is 0 Å². The molecule has 0 bridgehead atoms. The minimum atomic E-state index is -0.267. The zero-order chi connectivity index (χ0) is 11.3. The maximum atomic E-state index is 10.9. The van der Waals surface area contributed by atoms with Crippen molar-refractivity contribution in [2.75, 3.05) is 11.9 Å². The van der Waals surface area contributed by atoms with Gasteiger partial charge in [-0.25, -0.2) is 0 Å². The van der Waals surface area contributed by atoms with Gasteiger partial charge in [0.1, 0.15) is 0 Å². The SMILES string of the molecule is CCc1ccccc1NCC(C)C(N)=O. The number of para-hydroxylation sites is 1. The summed E-state index contributed by atoms with van der Waals surface area (Å²) in [4.78, 5) is 10.9. The Balaban J connectivity index is 2.60. The molecule has 0 spiro atoms. The minimum absolute atomic E-state index is 0.144. The van der Waals surface area contributed by atoms with Crippen molar-refractivity contribution in [2.24, 2.45) is 11.7 Å². The summed E-state index contributed by atoms with van der Waals surface area (Å²) in [6.45, 7) is 4.52. The second-order valence-electron chi connectivity index (χ2n) is 3.70. The van der Waals surface area contributed by atoms with Crippen LogP contribution in [0.25, 0.3) is 0 Å². The van der Waals surface area contributed by atoms with Crippen LogP contribution in [0, 0.1) is 5.92 Å². The van der Waals surface area contributed by atoms with Crippen LogP contribution in [0.4, 0.5) is 5.69 Å². The Bertz CT molecular complexity index is 336. The average Bonchev–Trinajstić information content (AvgIpc) is 2.26. The number of amides is 1. The molecule has 1 aromatic carbocycles. The van der Waals surface area contributed by atoms with E-state index in [0.717, 1.165) is 12.1 Å². The summed E-state index contributed by atoms with van der Waals surface area (Å²) in [7, 11) is 0. The van der Waals surface area contributed by atoms with Crippen molar-refractivity contribution in [2.45, 2.75) is 20.3 Å². The van der Waals surface area contributed by atoms with E-state index in [-0.39, 0.29) is 11.8 Å². The van der Waals surface area contributed by atoms with Crippen molar-refractivity contribution >= 4 is 11.6 Å². The Kier molecular flexibility index (Phi) is 4.16. The molecule has 1 rings (SSSR count). The topological polar surface area (TPSA) is 55.1 Å². The van der Waals surface area contributed by atoms with Crippen LogP contribution in [0.15, 0.2) is 24.3 Å². The molecule has 0 fully saturated rings. The molecule has 0 aliphatic rings. The monoisotopic (exact) mass is 206 g/mol. The molecule has 0 saturated carbocycles. The predicted molar refractivity (Wildman–Crippen MR) is 62.7 cm³/mol. The minimum Gasteiger partial charge on any atom is -0.384 e. The Morgan fingerprint density at radius 2 is 2.13 bits per heavy atom. The van der Waals surface area contributed by atoms with E-state index in [0.29, 0.717) is 6.54 Å². The Hall–Kier alpha value is -1.51. The second kappa shape index (κ2) is 5.39. The zero-order valence-electron chi connectivity index (χ0n) is 9.29. The average molecular weight is 206 g/mol. The van der Waals surface area contributed by atoms with Gasteiger partial charge in [-0.2, -0.15) is 0 Å². The third-order valence-corrected chi connectivity index (χ3v) is 2.48. The van der Waals surface area contributed by atoms with Gasteiger partial charge in [0.25, 0.3) is 0 Å². The molecule has 0 heterocycles. The summed E-state index contributed by atoms with van der Waals surface area (Å²) >= 11 is 0. The Labute approximate surface area is 90.7 Å². The molecule has 1 unspecified atom stereocenters. The van der Waals surface area contributed by atoms with Gasteiger partial charge >= 0.3 is 0 Å². The number of nitrogens with two attached hydrogens (primary N) is 1. The van der Waals surface area contributed by atoms with Gasteiger partial charge in [-0.05, 0) is 18.1 Å². The van der Waals surface area contributed by atoms with Crippen molar-refractivity contribution in [3.63, 3.8) is 0 Å². The first kappa shape index (κ1) is 11.6. The van der Waals surface area contributed by atoms with Gasteiger partial charge in [0.2, 0.25) is 5.91 Å². The fraction of sp³-hybridized carbons (Fsp3) is 0.417. The lowest BCUT2D eigenvalue weighted by atomic mass is 10.1. The van der Waals surface area contributed by atoms with E-state index >= 15 is 0 Å². The Morgan fingerprint density at radius 1 is 1.47 bits per heavy atom. The number of aryl methyl sites for hydroxylation is 1. The number of hydrogen-bond acceptors (Lipinski definition) is 2. The summed E-state index contributed by atoms with van der Waals surface area (Å²) < 4.78 is 0. The first-order valence-corrected chi connectivity index (χ1v) is 5.26. The van der Waals surface area contributed by atoms with Crippen LogP contribution in [0.2, 0.25) is 0 Å². The molecular formula is C12H18N2O. The van der Waals surface area contributed by atoms with Crippen LogP contribution in [0.1, 0.15) is 19.4 Å². The number of rotatable bonds is 5. The third-order valence-electron chi connectivity index (χ3n) is 2.48. The summed E-state index contributed by atoms with van der Waals surface area (Å²) in [5.74, 6) is -0.411. The van der Waals surface area contributed by atoms with Gasteiger partial charge in [0, 0.05) is 12.2 Å². The van der Waals surface area contributed by atoms with Gasteiger partial charge in [-0.1, -0.05) is 32.0 Å². The van der Waals surface area contributed by atoms with E-state index in [4.69, 9.17) is 5.73 Å². The van der Waals surface area contributed by atoms with E-state index in [9.17, 15) is 4.79 Å². The number of primary amides is 1. The van der Waals surface area contributed by atoms with Crippen molar-refractivity contribution in [3.8, 4) is 0 Å². The van der Waals surface area contributed by atoms with Crippen molar-refractivity contribution in [1.82, 2.24) is 0 Å². The Morgan fingerprint density at radius 3 is 2.73 bits per heavy atom. The van der Waals surface area contributed by atoms with E-state index < -0.39 is 0 Å². The van der Waals surface area contributed by atoms with Crippen LogP contribution < -0.4 is 11.1 Å². The summed E-state index contributed by atoms with van der Waals surface area (Å²) in [6, 6.07) is 8.10. The van der Waals surface area contributed by atoms with Crippen LogP contribution in [0.5, 0.6) is 0 Å². The third kappa shape index (κ3) is 3.27. The molecule has 1 aromatic rings. The molecule has 15 heavy (non-hydrogen) atoms. The normalized spacial score (nSPS) is 12.1. The number of benzene rings is 1. The van der Waals surface area contributed by atoms with Gasteiger partial charge in [-0.15, -0.1) is 0 Å². The quantitative estimate of drug-likeness (QED) is 0.771. The fourth-order valence-corrected chi connectivity index (χ4v) is 1.36. The highest BCUT2D eigenvalue weighted by Gasteiger charge is 2.08. The molecule has 3 nitrogen and oxygen atoms in total. The molecule has 0 radical (unpaired) electrons. The lowest BCUT2D eigenvalue weighted by Crippen LogP contribution is -2.26. The molecule has 3 heteroatoms. The molecule has 1 amide bonds. The van der Waals surface area contributed by atoms with Crippen LogP contribution in [-0.2, 0) is 11.2 Å². The van der Waals surface area contributed by atoms with Crippen LogP contribution in [-0.4, -0.2) is 12.5 Å². The summed E-state index contributed by atoms with van der Waals surface area (Å²) in [5, 5.41) is 3.24. The van der Waals surface area contributed by atoms with Gasteiger partial charge < -0.3 is 11.1 Å². The molecule has 1 atom stereocenters. The molecule has 0 aliphatic carbocycles. The van der Waals surface area contributed by atoms with E-state index in [1.54, 1.807) is 0 Å². The zero-order valence-corrected chi connectivity index (χ0v) is 9.29. The molecule has 3 N–H and O–H groups in total. The van der Waals surface area contributed by atoms with Gasteiger partial charge in [-0.3, -0.25) is 4.79 Å².